The van der Waals surface area contributed by atoms with Gasteiger partial charge in [-0.3, -0.25) is 9.59 Å². The average Bonchev–Trinajstić information content (AvgIpc) is 2.15. The number of carbonyl (C=O) groups is 2. The molecule has 0 spiro atoms. The van der Waals surface area contributed by atoms with Crippen LogP contribution in [0.25, 0.3) is 0 Å². The first-order valence-corrected chi connectivity index (χ1v) is 6.20. The van der Waals surface area contributed by atoms with Crippen molar-refractivity contribution in [1.82, 2.24) is 0 Å². The Morgan fingerprint density at radius 2 is 1.69 bits per heavy atom. The Morgan fingerprint density at radius 3 is 2.12 bits per heavy atom. The third kappa shape index (κ3) is 7.00. The van der Waals surface area contributed by atoms with Crippen LogP contribution in [-0.2, 0) is 19.1 Å². The maximum atomic E-state index is 11.1. The van der Waals surface area contributed by atoms with E-state index in [9.17, 15) is 9.59 Å². The van der Waals surface area contributed by atoms with Crippen LogP contribution in [0, 0.1) is 0 Å². The van der Waals surface area contributed by atoms with Gasteiger partial charge in [-0.25, -0.2) is 0 Å². The molecule has 0 saturated carbocycles. The molecule has 0 aliphatic carbocycles. The Hall–Kier alpha value is -0.360. The quantitative estimate of drug-likeness (QED) is 0.565. The third-order valence-electron chi connectivity index (χ3n) is 1.76. The van der Waals surface area contributed by atoms with Crippen LogP contribution in [0.4, 0.5) is 0 Å². The van der Waals surface area contributed by atoms with Crippen molar-refractivity contribution in [3.8, 4) is 0 Å². The fraction of sp³-hybridized carbons (Fsp3) is 0.800. The summed E-state index contributed by atoms with van der Waals surface area (Å²) >= 11 is 7.62. The minimum Gasteiger partial charge on any atom is -0.462 e. The predicted molar refractivity (Wildman–Crippen MR) is 68.0 cm³/mol. The lowest BCUT2D eigenvalue weighted by molar-refractivity contribution is -0.158. The lowest BCUT2D eigenvalue weighted by Gasteiger charge is -2.27. The van der Waals surface area contributed by atoms with E-state index >= 15 is 0 Å². The maximum Gasteiger partial charge on any atom is 0.316 e. The Bertz CT molecular complexity index is 253. The van der Waals surface area contributed by atoms with Crippen LogP contribution in [0.2, 0.25) is 0 Å². The normalized spacial score (nSPS) is 13.1. The van der Waals surface area contributed by atoms with Gasteiger partial charge in [0.15, 0.2) is 0 Å². The Labute approximate surface area is 107 Å². The van der Waals surface area contributed by atoms with Crippen molar-refractivity contribution in [3.63, 3.8) is 0 Å². The fourth-order valence-electron chi connectivity index (χ4n) is 1.38. The van der Waals surface area contributed by atoms with Gasteiger partial charge in [0.25, 0.3) is 0 Å². The number of hydrogen-bond donors (Lipinski definition) is 2. The van der Waals surface area contributed by atoms with Gasteiger partial charge < -0.3 is 9.47 Å². The summed E-state index contributed by atoms with van der Waals surface area (Å²) in [5, 5.41) is 0. The van der Waals surface area contributed by atoms with Crippen molar-refractivity contribution < 1.29 is 19.1 Å². The predicted octanol–water partition coefficient (Wildman–Crippen LogP) is 1.49. The molecule has 6 heteroatoms. The van der Waals surface area contributed by atoms with E-state index < -0.39 is 5.60 Å². The van der Waals surface area contributed by atoms with Crippen molar-refractivity contribution in [2.45, 2.75) is 38.9 Å². The van der Waals surface area contributed by atoms with Gasteiger partial charge in [0.1, 0.15) is 11.7 Å². The molecular weight excluding hydrogens is 248 g/mol. The molecule has 0 saturated heterocycles. The molecular formula is C10H18O4S2. The van der Waals surface area contributed by atoms with Gasteiger partial charge in [-0.05, 0) is 20.8 Å². The summed E-state index contributed by atoms with van der Waals surface area (Å²) in [6, 6.07) is 0. The van der Waals surface area contributed by atoms with E-state index in [0.717, 1.165) is 0 Å². The first-order valence-electron chi connectivity index (χ1n) is 4.94. The van der Waals surface area contributed by atoms with E-state index in [0.29, 0.717) is 6.42 Å². The standard InChI is InChI=1S/C10H18O4S2/c1-7(13-8(11)5-15)4-10(2,3)14-9(12)6-16/h7,15-16H,4-6H2,1-3H3. The SMILES string of the molecule is CC(CC(C)(C)OC(=O)CS)OC(=O)CS. The topological polar surface area (TPSA) is 52.6 Å². The minimum absolute atomic E-state index is 0.0360. The number of esters is 2. The van der Waals surface area contributed by atoms with Gasteiger partial charge in [0.2, 0.25) is 0 Å². The molecule has 1 atom stereocenters. The highest BCUT2D eigenvalue weighted by Crippen LogP contribution is 2.19. The van der Waals surface area contributed by atoms with E-state index in [2.05, 4.69) is 25.3 Å². The van der Waals surface area contributed by atoms with Crippen molar-refractivity contribution in [2.75, 3.05) is 11.5 Å². The highest BCUT2D eigenvalue weighted by molar-refractivity contribution is 7.81. The monoisotopic (exact) mass is 266 g/mol. The van der Waals surface area contributed by atoms with Crippen molar-refractivity contribution in [3.05, 3.63) is 0 Å². The zero-order chi connectivity index (χ0) is 12.8. The summed E-state index contributed by atoms with van der Waals surface area (Å²) in [4.78, 5) is 22.0. The van der Waals surface area contributed by atoms with Crippen molar-refractivity contribution in [1.29, 1.82) is 0 Å². The van der Waals surface area contributed by atoms with E-state index in [1.54, 1.807) is 20.8 Å². The van der Waals surface area contributed by atoms with E-state index in [1.165, 1.54) is 0 Å². The molecule has 0 rings (SSSR count). The smallest absolute Gasteiger partial charge is 0.316 e. The van der Waals surface area contributed by atoms with Crippen LogP contribution in [0.3, 0.4) is 0 Å². The minimum atomic E-state index is -0.671. The third-order valence-corrected chi connectivity index (χ3v) is 2.28. The zero-order valence-corrected chi connectivity index (χ0v) is 11.5. The summed E-state index contributed by atoms with van der Waals surface area (Å²) in [5.74, 6) is -0.691. The second-order valence-corrected chi connectivity index (χ2v) is 4.69. The van der Waals surface area contributed by atoms with Gasteiger partial charge in [-0.15, -0.1) is 0 Å². The molecule has 0 aromatic rings. The number of rotatable bonds is 6. The zero-order valence-electron chi connectivity index (χ0n) is 9.73. The first kappa shape index (κ1) is 15.6. The van der Waals surface area contributed by atoms with Gasteiger partial charge in [-0.1, -0.05) is 0 Å². The first-order chi connectivity index (χ1) is 7.30. The maximum absolute atomic E-state index is 11.1. The largest absolute Gasteiger partial charge is 0.462 e. The summed E-state index contributed by atoms with van der Waals surface area (Å²) in [7, 11) is 0. The van der Waals surface area contributed by atoms with Crippen LogP contribution in [0.1, 0.15) is 27.2 Å². The molecule has 0 radical (unpaired) electrons. The summed E-state index contributed by atoms with van der Waals surface area (Å²) in [5.41, 5.74) is -0.671. The van der Waals surface area contributed by atoms with Gasteiger partial charge in [0.05, 0.1) is 11.5 Å². The Balaban J connectivity index is 4.14. The van der Waals surface area contributed by atoms with E-state index in [4.69, 9.17) is 9.47 Å². The Morgan fingerprint density at radius 1 is 1.19 bits per heavy atom. The highest BCUT2D eigenvalue weighted by Gasteiger charge is 2.26. The lowest BCUT2D eigenvalue weighted by Crippen LogP contribution is -2.34. The Kier molecular flexibility index (Phi) is 6.90. The molecule has 0 aliphatic heterocycles. The van der Waals surface area contributed by atoms with Gasteiger partial charge >= 0.3 is 11.9 Å². The van der Waals surface area contributed by atoms with Crippen LogP contribution in [-0.4, -0.2) is 35.1 Å². The molecule has 1 unspecified atom stereocenters. The molecule has 0 aromatic carbocycles. The molecule has 4 nitrogen and oxygen atoms in total. The summed E-state index contributed by atoms with van der Waals surface area (Å²) < 4.78 is 10.2. The van der Waals surface area contributed by atoms with Crippen molar-refractivity contribution >= 4 is 37.2 Å². The molecule has 94 valence electrons. The molecule has 0 aromatic heterocycles. The molecule has 0 aliphatic rings. The fourth-order valence-corrected chi connectivity index (χ4v) is 1.52. The summed E-state index contributed by atoms with van der Waals surface area (Å²) in [6.45, 7) is 5.27. The molecule has 0 bridgehead atoms. The number of hydrogen-bond acceptors (Lipinski definition) is 6. The molecule has 0 N–H and O–H groups in total. The highest BCUT2D eigenvalue weighted by atomic mass is 32.1. The molecule has 16 heavy (non-hydrogen) atoms. The van der Waals surface area contributed by atoms with Gasteiger partial charge in [-0.2, -0.15) is 25.3 Å². The molecule has 0 fully saturated rings. The number of thiol groups is 2. The van der Waals surface area contributed by atoms with Crippen LogP contribution in [0.5, 0.6) is 0 Å². The van der Waals surface area contributed by atoms with E-state index in [1.807, 2.05) is 0 Å². The number of carbonyl (C=O) groups excluding carboxylic acids is 2. The van der Waals surface area contributed by atoms with Crippen LogP contribution < -0.4 is 0 Å². The summed E-state index contributed by atoms with van der Waals surface area (Å²) in [6.07, 6.45) is 0.119. The van der Waals surface area contributed by atoms with Crippen LogP contribution in [0.15, 0.2) is 0 Å². The van der Waals surface area contributed by atoms with E-state index in [-0.39, 0.29) is 29.5 Å². The van der Waals surface area contributed by atoms with Crippen molar-refractivity contribution in [2.24, 2.45) is 0 Å². The lowest BCUT2D eigenvalue weighted by atomic mass is 10.0. The average molecular weight is 266 g/mol. The van der Waals surface area contributed by atoms with Gasteiger partial charge in [0, 0.05) is 6.42 Å². The number of ether oxygens (including phenoxy) is 2. The van der Waals surface area contributed by atoms with Crippen LogP contribution >= 0.6 is 25.3 Å². The molecule has 0 amide bonds. The second kappa shape index (κ2) is 7.06. The second-order valence-electron chi connectivity index (χ2n) is 4.05. The molecule has 0 heterocycles.